The summed E-state index contributed by atoms with van der Waals surface area (Å²) in [5.74, 6) is -0.359. The normalized spacial score (nSPS) is 24.9. The first-order valence-electron chi connectivity index (χ1n) is 7.36. The molecule has 0 aromatic heterocycles. The topological polar surface area (TPSA) is 49.8 Å². The number of aliphatic hydroxyl groups is 1. The maximum absolute atomic E-state index is 11.3. The summed E-state index contributed by atoms with van der Waals surface area (Å²) in [5.41, 5.74) is 1.24. The summed E-state index contributed by atoms with van der Waals surface area (Å²) in [6.07, 6.45) is 4.39. The van der Waals surface area contributed by atoms with Crippen LogP contribution >= 0.6 is 0 Å². The number of aliphatic hydroxyl groups excluding tert-OH is 1. The van der Waals surface area contributed by atoms with Crippen LogP contribution in [0, 0.1) is 0 Å². The highest BCUT2D eigenvalue weighted by molar-refractivity contribution is 5.81. The van der Waals surface area contributed by atoms with Crippen LogP contribution in [-0.4, -0.2) is 41.8 Å². The lowest BCUT2D eigenvalue weighted by Gasteiger charge is -2.40. The number of ether oxygens (including phenoxy) is 1. The Balaban J connectivity index is 2.14. The van der Waals surface area contributed by atoms with Crippen molar-refractivity contribution < 1.29 is 14.6 Å². The zero-order valence-corrected chi connectivity index (χ0v) is 12.6. The van der Waals surface area contributed by atoms with E-state index >= 15 is 0 Å². The second-order valence-corrected chi connectivity index (χ2v) is 5.45. The van der Waals surface area contributed by atoms with Gasteiger partial charge < -0.3 is 9.84 Å². The smallest absolute Gasteiger partial charge is 0.330 e. The number of likely N-dealkylation sites (tertiary alicyclic amines) is 1. The Bertz CT molecular complexity index is 486. The minimum Gasteiger partial charge on any atom is -0.466 e. The molecule has 21 heavy (non-hydrogen) atoms. The van der Waals surface area contributed by atoms with E-state index in [2.05, 4.69) is 28.7 Å². The highest BCUT2D eigenvalue weighted by Gasteiger charge is 2.29. The van der Waals surface area contributed by atoms with E-state index in [-0.39, 0.29) is 24.2 Å². The third-order valence-electron chi connectivity index (χ3n) is 4.10. The number of carbonyl (C=O) groups excluding carboxylic acids is 1. The van der Waals surface area contributed by atoms with Gasteiger partial charge in [-0.3, -0.25) is 4.90 Å². The predicted octanol–water partition coefficient (Wildman–Crippen LogP) is 2.30. The van der Waals surface area contributed by atoms with E-state index in [1.807, 2.05) is 24.3 Å². The summed E-state index contributed by atoms with van der Waals surface area (Å²) in [7, 11) is 1.37. The van der Waals surface area contributed by atoms with Crippen molar-refractivity contribution in [3.05, 3.63) is 48.0 Å². The van der Waals surface area contributed by atoms with E-state index in [1.165, 1.54) is 18.7 Å². The van der Waals surface area contributed by atoms with Crippen LogP contribution in [0.3, 0.4) is 0 Å². The first kappa shape index (κ1) is 15.7. The molecule has 1 heterocycles. The Hall–Kier alpha value is -1.65. The second kappa shape index (κ2) is 7.38. The summed E-state index contributed by atoms with van der Waals surface area (Å²) in [5, 5.41) is 9.90. The van der Waals surface area contributed by atoms with Crippen LogP contribution in [0.5, 0.6) is 0 Å². The van der Waals surface area contributed by atoms with Gasteiger partial charge in [0.1, 0.15) is 0 Å². The Labute approximate surface area is 126 Å². The molecule has 0 aliphatic carbocycles. The highest BCUT2D eigenvalue weighted by atomic mass is 16.5. The SMILES string of the molecule is COC(=O)/C=C/[C@@H]1C[C@H](O)CCN1[C@H](C)c1ccccc1. The molecule has 2 rings (SSSR count). The van der Waals surface area contributed by atoms with Gasteiger partial charge in [-0.2, -0.15) is 0 Å². The van der Waals surface area contributed by atoms with Crippen molar-refractivity contribution in [3.8, 4) is 0 Å². The molecule has 1 aromatic rings. The van der Waals surface area contributed by atoms with Crippen molar-refractivity contribution in [2.24, 2.45) is 0 Å². The van der Waals surface area contributed by atoms with E-state index in [0.29, 0.717) is 6.42 Å². The summed E-state index contributed by atoms with van der Waals surface area (Å²) in [6, 6.07) is 10.6. The van der Waals surface area contributed by atoms with Gasteiger partial charge in [-0.25, -0.2) is 4.79 Å². The molecule has 1 aromatic carbocycles. The van der Waals surface area contributed by atoms with Gasteiger partial charge in [-0.05, 0) is 25.3 Å². The fraction of sp³-hybridized carbons (Fsp3) is 0.471. The third-order valence-corrected chi connectivity index (χ3v) is 4.10. The molecule has 1 aliphatic rings. The Morgan fingerprint density at radius 3 is 2.81 bits per heavy atom. The first-order chi connectivity index (χ1) is 10.1. The predicted molar refractivity (Wildman–Crippen MR) is 81.7 cm³/mol. The van der Waals surface area contributed by atoms with E-state index in [1.54, 1.807) is 0 Å². The summed E-state index contributed by atoms with van der Waals surface area (Å²) < 4.78 is 4.64. The van der Waals surface area contributed by atoms with Gasteiger partial charge in [-0.15, -0.1) is 0 Å². The van der Waals surface area contributed by atoms with Crippen LogP contribution in [0.1, 0.15) is 31.4 Å². The molecule has 1 fully saturated rings. The van der Waals surface area contributed by atoms with E-state index in [9.17, 15) is 9.90 Å². The van der Waals surface area contributed by atoms with Crippen molar-refractivity contribution >= 4 is 5.97 Å². The average molecular weight is 289 g/mol. The van der Waals surface area contributed by atoms with Crippen LogP contribution in [0.15, 0.2) is 42.5 Å². The van der Waals surface area contributed by atoms with Crippen LogP contribution < -0.4 is 0 Å². The number of hydrogen-bond acceptors (Lipinski definition) is 4. The van der Waals surface area contributed by atoms with E-state index in [0.717, 1.165) is 13.0 Å². The maximum Gasteiger partial charge on any atom is 0.330 e. The summed E-state index contributed by atoms with van der Waals surface area (Å²) in [6.45, 7) is 2.97. The van der Waals surface area contributed by atoms with Gasteiger partial charge in [0.15, 0.2) is 0 Å². The van der Waals surface area contributed by atoms with Crippen molar-refractivity contribution in [2.45, 2.75) is 38.0 Å². The lowest BCUT2D eigenvalue weighted by atomic mass is 9.95. The third kappa shape index (κ3) is 4.16. The molecule has 0 bridgehead atoms. The Kier molecular flexibility index (Phi) is 5.53. The lowest BCUT2D eigenvalue weighted by molar-refractivity contribution is -0.134. The molecule has 1 N–H and O–H groups in total. The van der Waals surface area contributed by atoms with E-state index in [4.69, 9.17) is 0 Å². The molecule has 4 heteroatoms. The van der Waals surface area contributed by atoms with Crippen LogP contribution in [0.2, 0.25) is 0 Å². The molecular weight excluding hydrogens is 266 g/mol. The van der Waals surface area contributed by atoms with Gasteiger partial charge >= 0.3 is 5.97 Å². The van der Waals surface area contributed by atoms with Gasteiger partial charge in [0.05, 0.1) is 13.2 Å². The van der Waals surface area contributed by atoms with Gasteiger partial charge in [0.25, 0.3) is 0 Å². The van der Waals surface area contributed by atoms with Crippen molar-refractivity contribution in [1.29, 1.82) is 0 Å². The molecule has 0 radical (unpaired) electrons. The second-order valence-electron chi connectivity index (χ2n) is 5.45. The Morgan fingerprint density at radius 2 is 2.14 bits per heavy atom. The standard InChI is InChI=1S/C17H23NO3/c1-13(14-6-4-3-5-7-14)18-11-10-16(19)12-15(18)8-9-17(20)21-2/h3-9,13,15-16,19H,10-12H2,1-2H3/b9-8+/t13-,15-,16-/m1/s1. The largest absolute Gasteiger partial charge is 0.466 e. The number of hydrogen-bond donors (Lipinski definition) is 1. The molecule has 0 saturated carbocycles. The fourth-order valence-electron chi connectivity index (χ4n) is 2.85. The molecular formula is C17H23NO3. The number of carbonyl (C=O) groups is 1. The molecule has 3 atom stereocenters. The monoisotopic (exact) mass is 289 g/mol. The molecule has 1 aliphatic heterocycles. The van der Waals surface area contributed by atoms with Gasteiger partial charge in [0, 0.05) is 24.7 Å². The summed E-state index contributed by atoms with van der Waals surface area (Å²) in [4.78, 5) is 13.6. The van der Waals surface area contributed by atoms with Gasteiger partial charge in [0.2, 0.25) is 0 Å². The quantitative estimate of drug-likeness (QED) is 0.682. The van der Waals surface area contributed by atoms with Crippen molar-refractivity contribution in [3.63, 3.8) is 0 Å². The van der Waals surface area contributed by atoms with Gasteiger partial charge in [-0.1, -0.05) is 36.4 Å². The average Bonchev–Trinajstić information content (AvgIpc) is 2.53. The zero-order valence-electron chi connectivity index (χ0n) is 12.6. The lowest BCUT2D eigenvalue weighted by Crippen LogP contribution is -2.44. The minimum absolute atomic E-state index is 0.0445. The molecule has 0 unspecified atom stereocenters. The number of nitrogens with zero attached hydrogens (tertiary/aromatic N) is 1. The first-order valence-corrected chi connectivity index (χ1v) is 7.36. The van der Waals surface area contributed by atoms with Crippen LogP contribution in [-0.2, 0) is 9.53 Å². The number of esters is 1. The maximum atomic E-state index is 11.3. The molecule has 0 amide bonds. The Morgan fingerprint density at radius 1 is 1.43 bits per heavy atom. The summed E-state index contributed by atoms with van der Waals surface area (Å²) >= 11 is 0. The molecule has 4 nitrogen and oxygen atoms in total. The van der Waals surface area contributed by atoms with Crippen LogP contribution in [0.4, 0.5) is 0 Å². The van der Waals surface area contributed by atoms with Crippen LogP contribution in [0.25, 0.3) is 0 Å². The number of rotatable bonds is 4. The van der Waals surface area contributed by atoms with Crippen molar-refractivity contribution in [1.82, 2.24) is 4.90 Å². The molecule has 0 spiro atoms. The zero-order chi connectivity index (χ0) is 15.2. The molecule has 114 valence electrons. The highest BCUT2D eigenvalue weighted by Crippen LogP contribution is 2.29. The molecule has 1 saturated heterocycles. The number of piperidine rings is 1. The van der Waals surface area contributed by atoms with Crippen molar-refractivity contribution in [2.75, 3.05) is 13.7 Å². The number of methoxy groups -OCH3 is 1. The number of benzene rings is 1. The van der Waals surface area contributed by atoms with E-state index < -0.39 is 0 Å². The minimum atomic E-state index is -0.359. The fourth-order valence-corrected chi connectivity index (χ4v) is 2.85.